The number of alkyl halides is 3. The molecule has 12 heteroatoms. The number of sulfonamides is 1. The molecule has 0 aliphatic heterocycles. The minimum absolute atomic E-state index is 0.0399. The van der Waals surface area contributed by atoms with E-state index in [1.54, 1.807) is 20.8 Å². The van der Waals surface area contributed by atoms with E-state index in [2.05, 4.69) is 20.2 Å². The number of carbonyl (C=O) groups excluding carboxylic acids is 1. The molecule has 0 unspecified atom stereocenters. The van der Waals surface area contributed by atoms with Crippen LogP contribution in [0.2, 0.25) is 0 Å². The molecular weight excluding hydrogens is 369 g/mol. The Morgan fingerprint density at radius 3 is 2.29 bits per heavy atom. The number of anilines is 1. The van der Waals surface area contributed by atoms with Crippen LogP contribution in [0.15, 0.2) is 0 Å². The lowest BCUT2D eigenvalue weighted by atomic mass is 10.2. The van der Waals surface area contributed by atoms with Gasteiger partial charge in [0.25, 0.3) is 0 Å². The van der Waals surface area contributed by atoms with E-state index in [0.29, 0.717) is 12.8 Å². The van der Waals surface area contributed by atoms with E-state index in [4.69, 9.17) is 0 Å². The number of hydrogen-bond donors (Lipinski definition) is 2. The Morgan fingerprint density at radius 1 is 1.17 bits per heavy atom. The number of halogens is 3. The van der Waals surface area contributed by atoms with Gasteiger partial charge in [0.15, 0.2) is 0 Å². The molecule has 1 heterocycles. The summed E-state index contributed by atoms with van der Waals surface area (Å²) in [5, 5.41) is 7.09. The molecule has 1 aromatic rings. The number of hydrogen-bond acceptors (Lipinski definition) is 6. The molecule has 0 fully saturated rings. The van der Waals surface area contributed by atoms with Crippen LogP contribution in [0, 0.1) is 0 Å². The lowest BCUT2D eigenvalue weighted by molar-refractivity contribution is -0.138. The van der Waals surface area contributed by atoms with Crippen molar-refractivity contribution in [1.29, 1.82) is 0 Å². The molecule has 2 N–H and O–H groups in total. The summed E-state index contributed by atoms with van der Waals surface area (Å²) in [6, 6.07) is 0. The Labute approximate surface area is 142 Å². The molecule has 0 aromatic carbocycles. The van der Waals surface area contributed by atoms with E-state index >= 15 is 0 Å². The van der Waals surface area contributed by atoms with Gasteiger partial charge in [-0.1, -0.05) is 11.3 Å². The Kier molecular flexibility index (Phi) is 6.70. The van der Waals surface area contributed by atoms with Crippen LogP contribution in [-0.4, -0.2) is 35.8 Å². The van der Waals surface area contributed by atoms with Gasteiger partial charge in [-0.15, -0.1) is 10.2 Å². The van der Waals surface area contributed by atoms with Crippen molar-refractivity contribution in [2.24, 2.45) is 0 Å². The van der Waals surface area contributed by atoms with E-state index in [1.807, 2.05) is 0 Å². The van der Waals surface area contributed by atoms with E-state index in [0.717, 1.165) is 0 Å². The van der Waals surface area contributed by atoms with Gasteiger partial charge in [-0.25, -0.2) is 13.1 Å². The first kappa shape index (κ1) is 20.8. The summed E-state index contributed by atoms with van der Waals surface area (Å²) in [6.45, 7) is 4.89. The molecule has 0 saturated heterocycles. The fraction of sp³-hybridized carbons (Fsp3) is 0.750. The highest BCUT2D eigenvalue weighted by Crippen LogP contribution is 2.32. The molecule has 0 aliphatic rings. The van der Waals surface area contributed by atoms with E-state index in [-0.39, 0.29) is 29.4 Å². The van der Waals surface area contributed by atoms with Gasteiger partial charge in [0.05, 0.1) is 4.75 Å². The monoisotopic (exact) mass is 388 g/mol. The van der Waals surface area contributed by atoms with Crippen molar-refractivity contribution in [3.8, 4) is 0 Å². The molecule has 0 bridgehead atoms. The maximum Gasteiger partial charge on any atom is 0.445 e. The summed E-state index contributed by atoms with van der Waals surface area (Å²) in [4.78, 5) is 11.6. The van der Waals surface area contributed by atoms with Gasteiger partial charge in [0.1, 0.15) is 0 Å². The van der Waals surface area contributed by atoms with Gasteiger partial charge in [-0.2, -0.15) is 13.2 Å². The second kappa shape index (κ2) is 7.74. The normalized spacial score (nSPS) is 13.1. The number of carbonyl (C=O) groups is 1. The zero-order valence-corrected chi connectivity index (χ0v) is 15.0. The van der Waals surface area contributed by atoms with Crippen LogP contribution in [0.1, 0.15) is 45.0 Å². The van der Waals surface area contributed by atoms with E-state index in [9.17, 15) is 26.4 Å². The number of aromatic nitrogens is 2. The van der Waals surface area contributed by atoms with Crippen molar-refractivity contribution in [3.05, 3.63) is 5.01 Å². The van der Waals surface area contributed by atoms with Crippen LogP contribution >= 0.6 is 11.3 Å². The van der Waals surface area contributed by atoms with E-state index < -0.39 is 31.9 Å². The molecule has 1 aromatic heterocycles. The topological polar surface area (TPSA) is 101 Å². The number of rotatable bonds is 7. The first-order valence-corrected chi connectivity index (χ1v) is 9.32. The number of nitrogens with one attached hydrogen (secondary N) is 2. The molecule has 0 saturated carbocycles. The molecule has 0 atom stereocenters. The van der Waals surface area contributed by atoms with Crippen LogP contribution in [0.5, 0.6) is 0 Å². The Bertz CT molecular complexity index is 666. The molecule has 7 nitrogen and oxygen atoms in total. The highest BCUT2D eigenvalue weighted by atomic mass is 32.2. The maximum absolute atomic E-state index is 12.3. The largest absolute Gasteiger partial charge is 0.445 e. The summed E-state index contributed by atoms with van der Waals surface area (Å²) >= 11 is 0.247. The minimum atomic E-state index is -4.59. The van der Waals surface area contributed by atoms with Crippen LogP contribution in [0.4, 0.5) is 18.3 Å². The average molecular weight is 388 g/mol. The van der Waals surface area contributed by atoms with Crippen molar-refractivity contribution >= 4 is 32.4 Å². The molecular formula is C12H19F3N4O3S2. The highest BCUT2D eigenvalue weighted by molar-refractivity contribution is 7.90. The molecule has 1 amide bonds. The molecule has 0 radical (unpaired) electrons. The standard InChI is InChI=1S/C12H19F3N4O3S2/c1-11(2,3)24(21,22)16-7-5-4-6-8(20)17-10-19-18-9(23-10)12(13,14)15/h16H,4-7H2,1-3H3,(H,17,19,20). The summed E-state index contributed by atoms with van der Waals surface area (Å²) in [6.07, 6.45) is -3.75. The maximum atomic E-state index is 12.3. The average Bonchev–Trinajstić information content (AvgIpc) is 2.85. The third kappa shape index (κ3) is 6.32. The van der Waals surface area contributed by atoms with Gasteiger partial charge in [-0.3, -0.25) is 4.79 Å². The van der Waals surface area contributed by atoms with Crippen LogP contribution in [-0.2, 0) is 21.0 Å². The van der Waals surface area contributed by atoms with Crippen molar-refractivity contribution in [3.63, 3.8) is 0 Å². The molecule has 138 valence electrons. The van der Waals surface area contributed by atoms with Crippen molar-refractivity contribution in [2.75, 3.05) is 11.9 Å². The van der Waals surface area contributed by atoms with Crippen molar-refractivity contribution in [1.82, 2.24) is 14.9 Å². The Morgan fingerprint density at radius 2 is 1.79 bits per heavy atom. The summed E-state index contributed by atoms with van der Waals surface area (Å²) in [5.74, 6) is -0.501. The zero-order valence-electron chi connectivity index (χ0n) is 13.4. The smallest absolute Gasteiger partial charge is 0.301 e. The van der Waals surface area contributed by atoms with Gasteiger partial charge >= 0.3 is 6.18 Å². The van der Waals surface area contributed by atoms with Crippen LogP contribution < -0.4 is 10.0 Å². The molecule has 24 heavy (non-hydrogen) atoms. The zero-order chi connectivity index (χ0) is 18.6. The number of nitrogens with zero attached hydrogens (tertiary/aromatic N) is 2. The third-order valence-electron chi connectivity index (χ3n) is 2.84. The molecule has 0 aliphatic carbocycles. The first-order chi connectivity index (χ1) is 10.8. The van der Waals surface area contributed by atoms with Crippen LogP contribution in [0.3, 0.4) is 0 Å². The fourth-order valence-electron chi connectivity index (χ4n) is 1.40. The quantitative estimate of drug-likeness (QED) is 0.699. The fourth-order valence-corrected chi connectivity index (χ4v) is 2.88. The van der Waals surface area contributed by atoms with Gasteiger partial charge in [0.2, 0.25) is 26.1 Å². The number of unbranched alkanes of at least 4 members (excludes halogenated alkanes) is 1. The third-order valence-corrected chi connectivity index (χ3v) is 5.92. The molecule has 1 rings (SSSR count). The lowest BCUT2D eigenvalue weighted by Gasteiger charge is -2.19. The predicted octanol–water partition coefficient (Wildman–Crippen LogP) is 2.38. The Balaban J connectivity index is 2.32. The summed E-state index contributed by atoms with van der Waals surface area (Å²) < 4.78 is 62.1. The summed E-state index contributed by atoms with van der Waals surface area (Å²) in [5.41, 5.74) is 0. The first-order valence-electron chi connectivity index (χ1n) is 7.03. The Hall–Kier alpha value is -1.27. The van der Waals surface area contributed by atoms with Crippen LogP contribution in [0.25, 0.3) is 0 Å². The second-order valence-electron chi connectivity index (χ2n) is 5.93. The predicted molar refractivity (Wildman–Crippen MR) is 84.1 cm³/mol. The number of amides is 1. The highest BCUT2D eigenvalue weighted by Gasteiger charge is 2.35. The van der Waals surface area contributed by atoms with Gasteiger partial charge in [0, 0.05) is 13.0 Å². The van der Waals surface area contributed by atoms with Gasteiger partial charge < -0.3 is 5.32 Å². The summed E-state index contributed by atoms with van der Waals surface area (Å²) in [7, 11) is -3.43. The molecule has 0 spiro atoms. The van der Waals surface area contributed by atoms with E-state index in [1.165, 1.54) is 0 Å². The lowest BCUT2D eigenvalue weighted by Crippen LogP contribution is -2.39. The van der Waals surface area contributed by atoms with Crippen molar-refractivity contribution in [2.45, 2.75) is 51.0 Å². The SMILES string of the molecule is CC(C)(C)S(=O)(=O)NCCCCC(=O)Nc1nnc(C(F)(F)F)s1. The minimum Gasteiger partial charge on any atom is -0.301 e. The van der Waals surface area contributed by atoms with Gasteiger partial charge in [-0.05, 0) is 33.6 Å². The van der Waals surface area contributed by atoms with Crippen molar-refractivity contribution < 1.29 is 26.4 Å². The second-order valence-corrected chi connectivity index (χ2v) is 9.42.